The number of hydrogen-bond acceptors (Lipinski definition) is 9. The van der Waals surface area contributed by atoms with E-state index in [-0.39, 0.29) is 26.1 Å². The molecule has 3 atom stereocenters. The summed E-state index contributed by atoms with van der Waals surface area (Å²) in [7, 11) is 0. The van der Waals surface area contributed by atoms with Crippen molar-refractivity contribution in [3.8, 4) is 0 Å². The maximum atomic E-state index is 12.3. The van der Waals surface area contributed by atoms with E-state index in [2.05, 4.69) is 15.4 Å². The first-order valence-electron chi connectivity index (χ1n) is 10.7. The normalized spacial score (nSPS) is 13.5. The molecule has 0 fully saturated rings. The molecule has 0 bridgehead atoms. The van der Waals surface area contributed by atoms with Crippen molar-refractivity contribution < 1.29 is 33.8 Å². The molecule has 0 heterocycles. The van der Waals surface area contributed by atoms with E-state index in [1.165, 1.54) is 0 Å². The molecule has 0 aliphatic carbocycles. The van der Waals surface area contributed by atoms with E-state index in [0.29, 0.717) is 45.2 Å². The number of unbranched alkanes of at least 4 members (excludes halogenated alkanes) is 2. The van der Waals surface area contributed by atoms with Crippen molar-refractivity contribution in [3.05, 3.63) is 0 Å². The molecule has 0 unspecified atom stereocenters. The van der Waals surface area contributed by atoms with Crippen molar-refractivity contribution >= 4 is 24.1 Å². The lowest BCUT2D eigenvalue weighted by molar-refractivity contribution is -0.124. The maximum Gasteiger partial charge on any atom is 0.505 e. The summed E-state index contributed by atoms with van der Waals surface area (Å²) >= 11 is 0. The molecule has 0 aromatic heterocycles. The molecule has 13 nitrogen and oxygen atoms in total. The maximum absolute atomic E-state index is 12.3. The van der Waals surface area contributed by atoms with Gasteiger partial charge in [0, 0.05) is 6.42 Å². The fourth-order valence-corrected chi connectivity index (χ4v) is 2.76. The Labute approximate surface area is 187 Å². The van der Waals surface area contributed by atoms with Gasteiger partial charge in [0.25, 0.3) is 0 Å². The van der Waals surface area contributed by atoms with Crippen LogP contribution in [-0.4, -0.2) is 73.6 Å². The van der Waals surface area contributed by atoms with Gasteiger partial charge in [0.1, 0.15) is 13.2 Å². The van der Waals surface area contributed by atoms with Crippen molar-refractivity contribution in [2.45, 2.75) is 69.5 Å². The van der Waals surface area contributed by atoms with Crippen LogP contribution in [0.25, 0.3) is 0 Å². The number of nitrogens with two attached hydrogens (primary N) is 4. The Kier molecular flexibility index (Phi) is 16.5. The summed E-state index contributed by atoms with van der Waals surface area (Å²) in [6, 6.07) is -2.00. The molecule has 0 saturated carbocycles. The summed E-state index contributed by atoms with van der Waals surface area (Å²) in [5, 5.41) is 13.9. The number of carbonyl (C=O) groups excluding carboxylic acids is 3. The van der Waals surface area contributed by atoms with Gasteiger partial charge in [0.15, 0.2) is 0 Å². The number of nitrogens with one attached hydrogen (secondary N) is 2. The third kappa shape index (κ3) is 16.1. The molecule has 0 spiro atoms. The average Bonchev–Trinajstić information content (AvgIpc) is 2.73. The molecular formula is C19H38N6O7. The highest BCUT2D eigenvalue weighted by Crippen LogP contribution is 2.05. The Morgan fingerprint density at radius 2 is 1.34 bits per heavy atom. The van der Waals surface area contributed by atoms with Crippen molar-refractivity contribution in [3.63, 3.8) is 0 Å². The second kappa shape index (κ2) is 18.0. The van der Waals surface area contributed by atoms with E-state index in [1.54, 1.807) is 0 Å². The first kappa shape index (κ1) is 29.4. The number of amides is 3. The van der Waals surface area contributed by atoms with Gasteiger partial charge in [-0.3, -0.25) is 9.59 Å². The topological polar surface area (TPSA) is 235 Å². The Bertz CT molecular complexity index is 578. The summed E-state index contributed by atoms with van der Waals surface area (Å²) in [5.74, 6) is -1.04. The number of ether oxygens (including phenoxy) is 2. The molecule has 186 valence electrons. The Balaban J connectivity index is 4.74. The van der Waals surface area contributed by atoms with Gasteiger partial charge in [-0.15, -0.1) is 0 Å². The van der Waals surface area contributed by atoms with Crippen LogP contribution in [0, 0.1) is 0 Å². The SMILES string of the molecule is NCCCC[C@H](COC(=O)O)NC(=O)OC[C@H](CCCCN)NC(=O)[C@H](N)CCC(N)=O. The number of primary amides is 1. The molecule has 0 aromatic rings. The standard InChI is InChI=1S/C19H38N6O7/c20-9-3-1-5-13(24-17(27)15(22)7-8-16(23)26)11-31-18(28)25-14(6-2-4-10-21)12-32-19(29)30/h13-15H,1-12,20-22H2,(H2,23,26)(H,24,27)(H,25,28)(H,29,30)/t13-,14+,15+/m0/s1. The number of carboxylic acid groups (broad SMARTS) is 1. The van der Waals surface area contributed by atoms with E-state index < -0.39 is 42.2 Å². The molecule has 0 aliphatic rings. The van der Waals surface area contributed by atoms with Crippen LogP contribution in [-0.2, 0) is 19.1 Å². The Morgan fingerprint density at radius 1 is 0.812 bits per heavy atom. The molecule has 0 aromatic carbocycles. The predicted octanol–water partition coefficient (Wildman–Crippen LogP) is -0.889. The first-order valence-corrected chi connectivity index (χ1v) is 10.7. The van der Waals surface area contributed by atoms with Crippen LogP contribution in [0.2, 0.25) is 0 Å². The zero-order valence-corrected chi connectivity index (χ0v) is 18.4. The summed E-state index contributed by atoms with van der Waals surface area (Å²) in [6.07, 6.45) is 1.63. The molecule has 3 amide bonds. The fraction of sp³-hybridized carbons (Fsp3) is 0.789. The van der Waals surface area contributed by atoms with Gasteiger partial charge in [-0.1, -0.05) is 12.8 Å². The summed E-state index contributed by atoms with van der Waals surface area (Å²) in [4.78, 5) is 46.0. The molecule has 32 heavy (non-hydrogen) atoms. The van der Waals surface area contributed by atoms with Gasteiger partial charge in [0.05, 0.1) is 18.1 Å². The quantitative estimate of drug-likeness (QED) is 0.0979. The van der Waals surface area contributed by atoms with Crippen LogP contribution in [0.15, 0.2) is 0 Å². The third-order valence-corrected chi connectivity index (χ3v) is 4.54. The van der Waals surface area contributed by atoms with Crippen LogP contribution in [0.5, 0.6) is 0 Å². The highest BCUT2D eigenvalue weighted by molar-refractivity contribution is 5.83. The van der Waals surface area contributed by atoms with Crippen molar-refractivity contribution in [2.24, 2.45) is 22.9 Å². The summed E-state index contributed by atoms with van der Waals surface area (Å²) < 4.78 is 9.76. The van der Waals surface area contributed by atoms with Crippen molar-refractivity contribution in [2.75, 3.05) is 26.3 Å². The number of carbonyl (C=O) groups is 4. The van der Waals surface area contributed by atoms with E-state index in [4.69, 9.17) is 32.8 Å². The number of alkyl carbamates (subject to hydrolysis) is 1. The van der Waals surface area contributed by atoms with Gasteiger partial charge in [-0.05, 0) is 45.2 Å². The molecule has 0 saturated heterocycles. The Hall–Kier alpha value is -2.64. The minimum absolute atomic E-state index is 0.0186. The van der Waals surface area contributed by atoms with Crippen LogP contribution in [0.4, 0.5) is 9.59 Å². The van der Waals surface area contributed by atoms with Gasteiger partial charge in [-0.2, -0.15) is 0 Å². The highest BCUT2D eigenvalue weighted by atomic mass is 16.7. The van der Waals surface area contributed by atoms with Gasteiger partial charge < -0.3 is 48.1 Å². The predicted molar refractivity (Wildman–Crippen MR) is 116 cm³/mol. The summed E-state index contributed by atoms with van der Waals surface area (Å²) in [6.45, 7) is 0.608. The lowest BCUT2D eigenvalue weighted by Crippen LogP contribution is -2.48. The van der Waals surface area contributed by atoms with E-state index in [1.807, 2.05) is 0 Å². The van der Waals surface area contributed by atoms with Crippen LogP contribution in [0.1, 0.15) is 51.4 Å². The van der Waals surface area contributed by atoms with E-state index >= 15 is 0 Å². The molecule has 0 aliphatic heterocycles. The average molecular weight is 463 g/mol. The molecule has 11 N–H and O–H groups in total. The largest absolute Gasteiger partial charge is 0.505 e. The molecular weight excluding hydrogens is 424 g/mol. The Morgan fingerprint density at radius 3 is 1.84 bits per heavy atom. The van der Waals surface area contributed by atoms with E-state index in [9.17, 15) is 19.2 Å². The fourth-order valence-electron chi connectivity index (χ4n) is 2.76. The zero-order valence-electron chi connectivity index (χ0n) is 18.4. The second-order valence-corrected chi connectivity index (χ2v) is 7.40. The van der Waals surface area contributed by atoms with Gasteiger partial charge in [0.2, 0.25) is 11.8 Å². The van der Waals surface area contributed by atoms with Crippen molar-refractivity contribution in [1.29, 1.82) is 0 Å². The van der Waals surface area contributed by atoms with E-state index in [0.717, 1.165) is 6.42 Å². The van der Waals surface area contributed by atoms with Crippen LogP contribution in [0.3, 0.4) is 0 Å². The summed E-state index contributed by atoms with van der Waals surface area (Å²) in [5.41, 5.74) is 21.8. The van der Waals surface area contributed by atoms with Gasteiger partial charge in [-0.25, -0.2) is 9.59 Å². The van der Waals surface area contributed by atoms with Crippen LogP contribution < -0.4 is 33.6 Å². The third-order valence-electron chi connectivity index (χ3n) is 4.54. The highest BCUT2D eigenvalue weighted by Gasteiger charge is 2.21. The monoisotopic (exact) mass is 462 g/mol. The lowest BCUT2D eigenvalue weighted by atomic mass is 10.1. The minimum Gasteiger partial charge on any atom is -0.450 e. The second-order valence-electron chi connectivity index (χ2n) is 7.40. The number of rotatable bonds is 18. The lowest BCUT2D eigenvalue weighted by Gasteiger charge is -2.22. The minimum atomic E-state index is -1.45. The smallest absolute Gasteiger partial charge is 0.450 e. The molecule has 0 radical (unpaired) electrons. The zero-order chi connectivity index (χ0) is 24.4. The molecule has 13 heteroatoms. The number of hydrogen-bond donors (Lipinski definition) is 7. The van der Waals surface area contributed by atoms with Gasteiger partial charge >= 0.3 is 12.2 Å². The van der Waals surface area contributed by atoms with Crippen LogP contribution >= 0.6 is 0 Å². The first-order chi connectivity index (χ1) is 15.2. The molecule has 0 rings (SSSR count). The van der Waals surface area contributed by atoms with Crippen molar-refractivity contribution in [1.82, 2.24) is 10.6 Å².